The van der Waals surface area contributed by atoms with Gasteiger partial charge in [-0.15, -0.1) is 11.3 Å². The van der Waals surface area contributed by atoms with E-state index in [1.807, 2.05) is 17.4 Å². The lowest BCUT2D eigenvalue weighted by Crippen LogP contribution is -2.10. The Bertz CT molecular complexity index is 3070. The molecule has 1 aliphatic heterocycles. The Labute approximate surface area is 335 Å². The van der Waals surface area contributed by atoms with Gasteiger partial charge in [0, 0.05) is 48.4 Å². The number of benzene rings is 9. The molecule has 0 amide bonds. The van der Waals surface area contributed by atoms with E-state index < -0.39 is 0 Å². The predicted molar refractivity (Wildman–Crippen MR) is 241 cm³/mol. The van der Waals surface area contributed by atoms with E-state index in [9.17, 15) is 0 Å². The largest absolute Gasteiger partial charge is 0.464 e. The van der Waals surface area contributed by atoms with Crippen molar-refractivity contribution in [2.75, 3.05) is 10.2 Å². The van der Waals surface area contributed by atoms with Crippen LogP contribution >= 0.6 is 11.3 Å². The van der Waals surface area contributed by atoms with Gasteiger partial charge in [0.25, 0.3) is 0 Å². The maximum absolute atomic E-state index is 6.77. The monoisotopic (exact) mass is 748 g/mol. The van der Waals surface area contributed by atoms with Crippen LogP contribution in [0.25, 0.3) is 64.3 Å². The first-order valence-corrected chi connectivity index (χ1v) is 20.2. The molecule has 0 aliphatic carbocycles. The van der Waals surface area contributed by atoms with Gasteiger partial charge in [-0.2, -0.15) is 0 Å². The Hall–Kier alpha value is -7.14. The summed E-state index contributed by atoms with van der Waals surface area (Å²) in [6, 6.07) is 74.0. The predicted octanol–water partition coefficient (Wildman–Crippen LogP) is 15.2. The second-order valence-electron chi connectivity index (χ2n) is 14.5. The number of nitrogens with one attached hydrogen (secondary N) is 1. The zero-order valence-corrected chi connectivity index (χ0v) is 31.8. The molecule has 0 spiro atoms. The lowest BCUT2D eigenvalue weighted by atomic mass is 9.91. The second kappa shape index (κ2) is 13.9. The molecule has 270 valence electrons. The van der Waals surface area contributed by atoms with Gasteiger partial charge in [0.05, 0.1) is 5.69 Å². The van der Waals surface area contributed by atoms with Gasteiger partial charge in [-0.25, -0.2) is 0 Å². The topological polar surface area (TPSA) is 24.5 Å². The van der Waals surface area contributed by atoms with Crippen molar-refractivity contribution in [2.45, 2.75) is 6.23 Å². The third kappa shape index (κ3) is 5.90. The van der Waals surface area contributed by atoms with E-state index >= 15 is 0 Å². The lowest BCUT2D eigenvalue weighted by molar-refractivity contribution is 0.260. The van der Waals surface area contributed by atoms with Gasteiger partial charge in [-0.3, -0.25) is 0 Å². The first-order valence-electron chi connectivity index (χ1n) is 19.4. The summed E-state index contributed by atoms with van der Waals surface area (Å²) in [6.45, 7) is 0. The fraction of sp³-hybridized carbons (Fsp3) is 0.0189. The Morgan fingerprint density at radius 1 is 0.456 bits per heavy atom. The summed E-state index contributed by atoms with van der Waals surface area (Å²) in [5.41, 5.74) is 12.4. The van der Waals surface area contributed by atoms with Gasteiger partial charge in [0.2, 0.25) is 0 Å². The highest BCUT2D eigenvalue weighted by molar-refractivity contribution is 7.26. The van der Waals surface area contributed by atoms with E-state index in [1.54, 1.807) is 0 Å². The molecule has 10 aromatic rings. The van der Waals surface area contributed by atoms with Gasteiger partial charge >= 0.3 is 0 Å². The molecule has 11 rings (SSSR count). The van der Waals surface area contributed by atoms with E-state index in [0.29, 0.717) is 0 Å². The fourth-order valence-electron chi connectivity index (χ4n) is 8.34. The standard InChI is InChI=1S/C53H36N2OS/c1-4-14-35(15-5-1)37-24-27-41(28-25-37)55(42-29-26-36-16-10-11-21-40(36)32-42)43-30-31-45(46(33-43)38-17-6-2-7-18-38)50-51-48(56-53(54-51)39-19-8-3-9-20-39)34-47-44-22-12-13-23-49(44)57-52(47)50/h1-34,53-54H. The molecule has 1 unspecified atom stereocenters. The quantitative estimate of drug-likeness (QED) is 0.176. The molecule has 1 aromatic heterocycles. The summed E-state index contributed by atoms with van der Waals surface area (Å²) in [5, 5.41) is 8.70. The van der Waals surface area contributed by atoms with Crippen LogP contribution in [0.2, 0.25) is 0 Å². The van der Waals surface area contributed by atoms with Crippen molar-refractivity contribution in [1.82, 2.24) is 0 Å². The van der Waals surface area contributed by atoms with Crippen LogP contribution in [0, 0.1) is 0 Å². The third-order valence-corrected chi connectivity index (χ3v) is 12.3. The Balaban J connectivity index is 1.13. The van der Waals surface area contributed by atoms with Crippen LogP contribution in [0.15, 0.2) is 206 Å². The van der Waals surface area contributed by atoms with Crippen molar-refractivity contribution >= 4 is 65.0 Å². The van der Waals surface area contributed by atoms with Gasteiger partial charge in [0.15, 0.2) is 6.23 Å². The minimum absolute atomic E-state index is 0.288. The van der Waals surface area contributed by atoms with E-state index in [2.05, 4.69) is 210 Å². The number of anilines is 4. The van der Waals surface area contributed by atoms with Crippen molar-refractivity contribution in [3.05, 3.63) is 212 Å². The van der Waals surface area contributed by atoms with Gasteiger partial charge < -0.3 is 15.0 Å². The van der Waals surface area contributed by atoms with Gasteiger partial charge in [-0.1, -0.05) is 158 Å². The summed E-state index contributed by atoms with van der Waals surface area (Å²) in [7, 11) is 0. The molecule has 0 saturated carbocycles. The maximum atomic E-state index is 6.77. The lowest BCUT2D eigenvalue weighted by Gasteiger charge is -2.27. The normalized spacial score (nSPS) is 13.4. The van der Waals surface area contributed by atoms with Crippen LogP contribution < -0.4 is 15.0 Å². The van der Waals surface area contributed by atoms with E-state index in [4.69, 9.17) is 4.74 Å². The highest BCUT2D eigenvalue weighted by Gasteiger charge is 2.31. The molecule has 1 atom stereocenters. The molecule has 4 heteroatoms. The number of ether oxygens (including phenoxy) is 1. The molecule has 0 radical (unpaired) electrons. The van der Waals surface area contributed by atoms with Crippen LogP contribution in [0.1, 0.15) is 11.8 Å². The number of nitrogens with zero attached hydrogens (tertiary/aromatic N) is 1. The minimum atomic E-state index is -0.288. The molecule has 1 N–H and O–H groups in total. The molecular formula is C53H36N2OS. The maximum Gasteiger partial charge on any atom is 0.196 e. The Morgan fingerprint density at radius 3 is 1.86 bits per heavy atom. The van der Waals surface area contributed by atoms with Crippen molar-refractivity contribution in [3.63, 3.8) is 0 Å². The SMILES string of the molecule is c1ccc(-c2ccc(N(c3ccc(-c4c5c(cc6c4sc4ccccc46)OC(c4ccccc4)N5)c(-c4ccccc4)c3)c3ccc4ccccc4c3)cc2)cc1. The van der Waals surface area contributed by atoms with Gasteiger partial charge in [0.1, 0.15) is 5.75 Å². The Kier molecular flexibility index (Phi) is 8.08. The molecule has 9 aromatic carbocycles. The molecule has 1 aliphatic rings. The Morgan fingerprint density at radius 2 is 1.07 bits per heavy atom. The summed E-state index contributed by atoms with van der Waals surface area (Å²) < 4.78 is 9.27. The zero-order chi connectivity index (χ0) is 37.7. The number of thiophene rings is 1. The van der Waals surface area contributed by atoms with Crippen molar-refractivity contribution < 1.29 is 4.74 Å². The molecule has 0 saturated heterocycles. The average molecular weight is 749 g/mol. The van der Waals surface area contributed by atoms with Crippen LogP contribution in [0.5, 0.6) is 5.75 Å². The minimum Gasteiger partial charge on any atom is -0.464 e. The van der Waals surface area contributed by atoms with Crippen LogP contribution in [-0.4, -0.2) is 0 Å². The van der Waals surface area contributed by atoms with Crippen molar-refractivity contribution in [3.8, 4) is 39.1 Å². The van der Waals surface area contributed by atoms with Crippen molar-refractivity contribution in [2.24, 2.45) is 0 Å². The number of fused-ring (bicyclic) bond motifs is 5. The molecule has 3 nitrogen and oxygen atoms in total. The molecule has 57 heavy (non-hydrogen) atoms. The van der Waals surface area contributed by atoms with E-state index in [-0.39, 0.29) is 6.23 Å². The summed E-state index contributed by atoms with van der Waals surface area (Å²) in [5.74, 6) is 0.870. The van der Waals surface area contributed by atoms with Gasteiger partial charge in [-0.05, 0) is 87.1 Å². The molecule has 0 fully saturated rings. The summed E-state index contributed by atoms with van der Waals surface area (Å²) >= 11 is 1.85. The summed E-state index contributed by atoms with van der Waals surface area (Å²) in [6.07, 6.45) is -0.288. The molecule has 0 bridgehead atoms. The second-order valence-corrected chi connectivity index (χ2v) is 15.6. The number of hydrogen-bond acceptors (Lipinski definition) is 4. The first kappa shape index (κ1) is 33.2. The zero-order valence-electron chi connectivity index (χ0n) is 31.0. The van der Waals surface area contributed by atoms with Crippen molar-refractivity contribution in [1.29, 1.82) is 0 Å². The van der Waals surface area contributed by atoms with E-state index in [1.165, 1.54) is 42.1 Å². The highest BCUT2D eigenvalue weighted by atomic mass is 32.1. The third-order valence-electron chi connectivity index (χ3n) is 11.1. The first-order chi connectivity index (χ1) is 28.2. The van der Waals surface area contributed by atoms with E-state index in [0.717, 1.165) is 56.3 Å². The summed E-state index contributed by atoms with van der Waals surface area (Å²) in [4.78, 5) is 2.38. The molecular weight excluding hydrogens is 713 g/mol. The highest BCUT2D eigenvalue weighted by Crippen LogP contribution is 2.54. The smallest absolute Gasteiger partial charge is 0.196 e. The number of rotatable bonds is 7. The molecule has 2 heterocycles. The average Bonchev–Trinajstić information content (AvgIpc) is 3.88. The van der Waals surface area contributed by atoms with Crippen LogP contribution in [0.4, 0.5) is 22.7 Å². The number of hydrogen-bond donors (Lipinski definition) is 1. The van der Waals surface area contributed by atoms with Crippen LogP contribution in [-0.2, 0) is 0 Å². The van der Waals surface area contributed by atoms with Crippen LogP contribution in [0.3, 0.4) is 0 Å². The fourth-order valence-corrected chi connectivity index (χ4v) is 9.58.